The Hall–Kier alpha value is -1.10. The summed E-state index contributed by atoms with van der Waals surface area (Å²) in [6.45, 7) is 8.16. The standard InChI is InChI=1S/C16H23ClN2O2/c1-16(2,12-17)15(20)18-14-5-3-13(4-6-14)11-19-7-9-21-10-8-19/h3-6H,7-12H2,1-2H3,(H,18,20). The van der Waals surface area contributed by atoms with Gasteiger partial charge in [0.25, 0.3) is 0 Å². The van der Waals surface area contributed by atoms with E-state index in [1.54, 1.807) is 0 Å². The third-order valence-electron chi connectivity index (χ3n) is 3.67. The number of anilines is 1. The molecular weight excluding hydrogens is 288 g/mol. The van der Waals surface area contributed by atoms with Crippen LogP contribution in [-0.4, -0.2) is 43.0 Å². The van der Waals surface area contributed by atoms with E-state index in [1.807, 2.05) is 26.0 Å². The molecule has 1 aliphatic rings. The van der Waals surface area contributed by atoms with Crippen molar-refractivity contribution in [2.24, 2.45) is 5.41 Å². The molecule has 5 heteroatoms. The van der Waals surface area contributed by atoms with Crippen molar-refractivity contribution >= 4 is 23.2 Å². The second-order valence-corrected chi connectivity index (χ2v) is 6.32. The Bertz CT molecular complexity index is 468. The lowest BCUT2D eigenvalue weighted by Gasteiger charge is -2.26. The molecule has 1 aliphatic heterocycles. The second-order valence-electron chi connectivity index (χ2n) is 6.06. The van der Waals surface area contributed by atoms with Gasteiger partial charge in [-0.2, -0.15) is 0 Å². The first kappa shape index (κ1) is 16.3. The van der Waals surface area contributed by atoms with Gasteiger partial charge in [-0.3, -0.25) is 9.69 Å². The highest BCUT2D eigenvalue weighted by Gasteiger charge is 2.26. The van der Waals surface area contributed by atoms with E-state index < -0.39 is 5.41 Å². The number of nitrogens with zero attached hydrogens (tertiary/aromatic N) is 1. The number of nitrogens with one attached hydrogen (secondary N) is 1. The fourth-order valence-electron chi connectivity index (χ4n) is 2.07. The van der Waals surface area contributed by atoms with E-state index in [9.17, 15) is 4.79 Å². The maximum absolute atomic E-state index is 12.0. The molecule has 0 unspecified atom stereocenters. The summed E-state index contributed by atoms with van der Waals surface area (Å²) in [4.78, 5) is 14.4. The summed E-state index contributed by atoms with van der Waals surface area (Å²) in [6.07, 6.45) is 0. The van der Waals surface area contributed by atoms with Crippen LogP contribution >= 0.6 is 11.6 Å². The highest BCUT2D eigenvalue weighted by Crippen LogP contribution is 2.20. The van der Waals surface area contributed by atoms with Crippen molar-refractivity contribution in [3.8, 4) is 0 Å². The zero-order valence-corrected chi connectivity index (χ0v) is 13.4. The highest BCUT2D eigenvalue weighted by atomic mass is 35.5. The van der Waals surface area contributed by atoms with Crippen LogP contribution in [0.1, 0.15) is 19.4 Å². The van der Waals surface area contributed by atoms with Gasteiger partial charge in [-0.05, 0) is 31.5 Å². The smallest absolute Gasteiger partial charge is 0.231 e. The van der Waals surface area contributed by atoms with Crippen LogP contribution in [0.3, 0.4) is 0 Å². The van der Waals surface area contributed by atoms with Crippen LogP contribution in [0.4, 0.5) is 5.69 Å². The Morgan fingerprint density at radius 2 is 1.90 bits per heavy atom. The maximum atomic E-state index is 12.0. The molecule has 0 bridgehead atoms. The summed E-state index contributed by atoms with van der Waals surface area (Å²) in [5.41, 5.74) is 1.49. The van der Waals surface area contributed by atoms with Crippen LogP contribution in [0.25, 0.3) is 0 Å². The molecule has 1 fully saturated rings. The number of alkyl halides is 1. The Kier molecular flexibility index (Phi) is 5.62. The van der Waals surface area contributed by atoms with Gasteiger partial charge in [0.1, 0.15) is 0 Å². The minimum absolute atomic E-state index is 0.0570. The zero-order chi connectivity index (χ0) is 15.3. The van der Waals surface area contributed by atoms with E-state index >= 15 is 0 Å². The number of amides is 1. The molecule has 0 spiro atoms. The fourth-order valence-corrected chi connectivity index (χ4v) is 2.19. The second kappa shape index (κ2) is 7.25. The molecule has 0 aliphatic carbocycles. The molecule has 2 rings (SSSR count). The van der Waals surface area contributed by atoms with Gasteiger partial charge in [-0.15, -0.1) is 11.6 Å². The molecule has 116 valence electrons. The molecule has 1 heterocycles. The molecule has 1 aromatic carbocycles. The topological polar surface area (TPSA) is 41.6 Å². The van der Waals surface area contributed by atoms with Crippen LogP contribution in [0.5, 0.6) is 0 Å². The van der Waals surface area contributed by atoms with Crippen molar-refractivity contribution in [1.29, 1.82) is 0 Å². The molecule has 1 amide bonds. The predicted molar refractivity (Wildman–Crippen MR) is 85.7 cm³/mol. The minimum Gasteiger partial charge on any atom is -0.379 e. The third kappa shape index (κ3) is 4.70. The van der Waals surface area contributed by atoms with Crippen LogP contribution in [-0.2, 0) is 16.1 Å². The van der Waals surface area contributed by atoms with Crippen LogP contribution in [0.15, 0.2) is 24.3 Å². The third-order valence-corrected chi connectivity index (χ3v) is 4.34. The van der Waals surface area contributed by atoms with Gasteiger partial charge in [0.05, 0.1) is 18.6 Å². The van der Waals surface area contributed by atoms with E-state index in [0.29, 0.717) is 5.88 Å². The monoisotopic (exact) mass is 310 g/mol. The molecule has 1 N–H and O–H groups in total. The van der Waals surface area contributed by atoms with Crippen LogP contribution < -0.4 is 5.32 Å². The average Bonchev–Trinajstić information content (AvgIpc) is 2.50. The summed E-state index contributed by atoms with van der Waals surface area (Å²) in [5, 5.41) is 2.91. The van der Waals surface area contributed by atoms with Crippen molar-refractivity contribution < 1.29 is 9.53 Å². The quantitative estimate of drug-likeness (QED) is 0.850. The van der Waals surface area contributed by atoms with Gasteiger partial charge in [0, 0.05) is 31.2 Å². The van der Waals surface area contributed by atoms with E-state index in [-0.39, 0.29) is 5.91 Å². The van der Waals surface area contributed by atoms with Gasteiger partial charge in [0.2, 0.25) is 5.91 Å². The molecular formula is C16H23ClN2O2. The lowest BCUT2D eigenvalue weighted by Crippen LogP contribution is -2.35. The summed E-state index contributed by atoms with van der Waals surface area (Å²) >= 11 is 5.81. The van der Waals surface area contributed by atoms with Crippen molar-refractivity contribution in [3.05, 3.63) is 29.8 Å². The van der Waals surface area contributed by atoms with E-state index in [1.165, 1.54) is 5.56 Å². The number of halogens is 1. The van der Waals surface area contributed by atoms with Crippen LogP contribution in [0.2, 0.25) is 0 Å². The first-order chi connectivity index (χ1) is 10.0. The van der Waals surface area contributed by atoms with Crippen molar-refractivity contribution in [1.82, 2.24) is 4.90 Å². The molecule has 21 heavy (non-hydrogen) atoms. The lowest BCUT2D eigenvalue weighted by molar-refractivity contribution is -0.122. The molecule has 1 saturated heterocycles. The van der Waals surface area contributed by atoms with Gasteiger partial charge in [0.15, 0.2) is 0 Å². The van der Waals surface area contributed by atoms with Gasteiger partial charge < -0.3 is 10.1 Å². The normalized spacial score (nSPS) is 16.7. The summed E-state index contributed by atoms with van der Waals surface area (Å²) < 4.78 is 5.34. The molecule has 0 aromatic heterocycles. The highest BCUT2D eigenvalue weighted by molar-refractivity contribution is 6.20. The number of carbonyl (C=O) groups excluding carboxylic acids is 1. The fraction of sp³-hybridized carbons (Fsp3) is 0.562. The zero-order valence-electron chi connectivity index (χ0n) is 12.7. The Morgan fingerprint density at radius 3 is 2.48 bits per heavy atom. The Labute approximate surface area is 131 Å². The average molecular weight is 311 g/mol. The number of benzene rings is 1. The first-order valence-electron chi connectivity index (χ1n) is 7.28. The summed E-state index contributed by atoms with van der Waals surface area (Å²) in [7, 11) is 0. The SMILES string of the molecule is CC(C)(CCl)C(=O)Nc1ccc(CN2CCOCC2)cc1. The van der Waals surface area contributed by atoms with Crippen molar-refractivity contribution in [3.63, 3.8) is 0 Å². The van der Waals surface area contributed by atoms with Gasteiger partial charge >= 0.3 is 0 Å². The molecule has 0 saturated carbocycles. The number of hydrogen-bond acceptors (Lipinski definition) is 3. The van der Waals surface area contributed by atoms with E-state index in [0.717, 1.165) is 38.5 Å². The largest absolute Gasteiger partial charge is 0.379 e. The van der Waals surface area contributed by atoms with E-state index in [2.05, 4.69) is 22.3 Å². The number of hydrogen-bond donors (Lipinski definition) is 1. The first-order valence-corrected chi connectivity index (χ1v) is 7.81. The molecule has 4 nitrogen and oxygen atoms in total. The van der Waals surface area contributed by atoms with Gasteiger partial charge in [-0.1, -0.05) is 12.1 Å². The van der Waals surface area contributed by atoms with Crippen LogP contribution in [0, 0.1) is 5.41 Å². The minimum atomic E-state index is -0.561. The summed E-state index contributed by atoms with van der Waals surface area (Å²) in [5.74, 6) is 0.243. The number of morpholine rings is 1. The van der Waals surface area contributed by atoms with Crippen molar-refractivity contribution in [2.45, 2.75) is 20.4 Å². The number of rotatable bonds is 5. The Balaban J connectivity index is 1.91. The lowest BCUT2D eigenvalue weighted by atomic mass is 9.95. The van der Waals surface area contributed by atoms with E-state index in [4.69, 9.17) is 16.3 Å². The Morgan fingerprint density at radius 1 is 1.29 bits per heavy atom. The molecule has 1 aromatic rings. The number of ether oxygens (including phenoxy) is 1. The number of carbonyl (C=O) groups is 1. The summed E-state index contributed by atoms with van der Waals surface area (Å²) in [6, 6.07) is 7.99. The molecule has 0 radical (unpaired) electrons. The maximum Gasteiger partial charge on any atom is 0.231 e. The van der Waals surface area contributed by atoms with Gasteiger partial charge in [-0.25, -0.2) is 0 Å². The molecule has 0 atom stereocenters. The predicted octanol–water partition coefficient (Wildman–Crippen LogP) is 2.72. The van der Waals surface area contributed by atoms with Crippen molar-refractivity contribution in [2.75, 3.05) is 37.5 Å².